The van der Waals surface area contributed by atoms with E-state index >= 15 is 0 Å². The zero-order valence-electron chi connectivity index (χ0n) is 9.35. The van der Waals surface area contributed by atoms with Crippen molar-refractivity contribution in [2.24, 2.45) is 0 Å². The maximum absolute atomic E-state index is 13.1. The Bertz CT molecular complexity index is 657. The lowest BCUT2D eigenvalue weighted by molar-refractivity contribution is 0.448. The van der Waals surface area contributed by atoms with E-state index in [9.17, 15) is 13.2 Å². The van der Waals surface area contributed by atoms with Gasteiger partial charge in [-0.3, -0.25) is 0 Å². The van der Waals surface area contributed by atoms with Crippen LogP contribution in [0.25, 0.3) is 0 Å². The van der Waals surface area contributed by atoms with Crippen LogP contribution in [0.4, 0.5) is 24.5 Å². The second-order valence-corrected chi connectivity index (χ2v) is 4.06. The predicted molar refractivity (Wildman–Crippen MR) is 65.8 cm³/mol. The molecule has 0 radical (unpaired) electrons. The Morgan fingerprint density at radius 2 is 1.74 bits per heavy atom. The largest absolute Gasteiger partial charge is 0.354 e. The van der Waals surface area contributed by atoms with Crippen molar-refractivity contribution >= 4 is 23.0 Å². The van der Waals surface area contributed by atoms with Gasteiger partial charge in [0.2, 0.25) is 0 Å². The van der Waals surface area contributed by atoms with Crippen molar-refractivity contribution in [1.29, 1.82) is 5.26 Å². The molecule has 0 aromatic heterocycles. The standard InChI is InChI=1S/C13H6ClF3N2/c14-9-2-1-3-12(8(9)6-18)19-7-4-10(15)13(17)11(16)5-7/h1-5,19H. The summed E-state index contributed by atoms with van der Waals surface area (Å²) in [7, 11) is 0. The zero-order chi connectivity index (χ0) is 14.0. The van der Waals surface area contributed by atoms with Crippen LogP contribution in [0.15, 0.2) is 30.3 Å². The first kappa shape index (κ1) is 13.2. The summed E-state index contributed by atoms with van der Waals surface area (Å²) in [5.41, 5.74) is 0.393. The van der Waals surface area contributed by atoms with Crippen LogP contribution in [0, 0.1) is 28.8 Å². The molecule has 19 heavy (non-hydrogen) atoms. The number of nitrogens with zero attached hydrogens (tertiary/aromatic N) is 1. The van der Waals surface area contributed by atoms with Gasteiger partial charge in [0.15, 0.2) is 17.5 Å². The van der Waals surface area contributed by atoms with Gasteiger partial charge in [-0.1, -0.05) is 17.7 Å². The molecule has 1 N–H and O–H groups in total. The molecule has 6 heteroatoms. The zero-order valence-corrected chi connectivity index (χ0v) is 10.1. The highest BCUT2D eigenvalue weighted by Crippen LogP contribution is 2.27. The summed E-state index contributed by atoms with van der Waals surface area (Å²) in [6.07, 6.45) is 0. The fourth-order valence-corrected chi connectivity index (χ4v) is 1.74. The van der Waals surface area contributed by atoms with Crippen molar-refractivity contribution in [3.8, 4) is 6.07 Å². The molecular weight excluding hydrogens is 277 g/mol. The minimum absolute atomic E-state index is 0.0184. The van der Waals surface area contributed by atoms with Crippen LogP contribution in [0.5, 0.6) is 0 Å². The number of halogens is 4. The number of hydrogen-bond donors (Lipinski definition) is 1. The van der Waals surface area contributed by atoms with E-state index in [2.05, 4.69) is 5.32 Å². The van der Waals surface area contributed by atoms with E-state index in [0.29, 0.717) is 0 Å². The molecule has 0 fully saturated rings. The quantitative estimate of drug-likeness (QED) is 0.830. The maximum Gasteiger partial charge on any atom is 0.194 e. The van der Waals surface area contributed by atoms with Crippen molar-refractivity contribution in [2.75, 3.05) is 5.32 Å². The van der Waals surface area contributed by atoms with Crippen molar-refractivity contribution in [2.45, 2.75) is 0 Å². The van der Waals surface area contributed by atoms with Crippen LogP contribution in [-0.4, -0.2) is 0 Å². The summed E-state index contributed by atoms with van der Waals surface area (Å²) >= 11 is 5.81. The molecule has 2 aromatic carbocycles. The highest BCUT2D eigenvalue weighted by molar-refractivity contribution is 6.32. The summed E-state index contributed by atoms with van der Waals surface area (Å²) in [4.78, 5) is 0. The Balaban J connectivity index is 2.43. The molecule has 0 saturated heterocycles. The van der Waals surface area contributed by atoms with E-state index in [4.69, 9.17) is 16.9 Å². The fourth-order valence-electron chi connectivity index (χ4n) is 1.53. The highest BCUT2D eigenvalue weighted by Gasteiger charge is 2.12. The SMILES string of the molecule is N#Cc1c(Cl)cccc1Nc1cc(F)c(F)c(F)c1. The van der Waals surface area contributed by atoms with Gasteiger partial charge < -0.3 is 5.32 Å². The van der Waals surface area contributed by atoms with Crippen LogP contribution >= 0.6 is 11.6 Å². The van der Waals surface area contributed by atoms with Crippen molar-refractivity contribution in [1.82, 2.24) is 0 Å². The van der Waals surface area contributed by atoms with Gasteiger partial charge in [0.1, 0.15) is 6.07 Å². The van der Waals surface area contributed by atoms with E-state index in [1.165, 1.54) is 12.1 Å². The summed E-state index contributed by atoms with van der Waals surface area (Å²) in [6.45, 7) is 0. The maximum atomic E-state index is 13.1. The molecule has 0 aliphatic heterocycles. The molecule has 2 rings (SSSR count). The Kier molecular flexibility index (Phi) is 3.63. The van der Waals surface area contributed by atoms with Crippen molar-refractivity contribution in [3.63, 3.8) is 0 Å². The lowest BCUT2D eigenvalue weighted by atomic mass is 10.2. The van der Waals surface area contributed by atoms with Crippen molar-refractivity contribution in [3.05, 3.63) is 58.4 Å². The molecule has 0 aliphatic rings. The van der Waals surface area contributed by atoms with E-state index in [-0.39, 0.29) is 22.0 Å². The number of benzene rings is 2. The van der Waals surface area contributed by atoms with E-state index in [0.717, 1.165) is 12.1 Å². The van der Waals surface area contributed by atoms with Crippen LogP contribution in [0.3, 0.4) is 0 Å². The molecule has 0 spiro atoms. The number of nitriles is 1. The van der Waals surface area contributed by atoms with Crippen LogP contribution < -0.4 is 5.32 Å². The molecule has 0 amide bonds. The first-order chi connectivity index (χ1) is 9.02. The molecule has 0 atom stereocenters. The molecule has 2 aromatic rings. The average molecular weight is 283 g/mol. The number of rotatable bonds is 2. The molecule has 0 bridgehead atoms. The van der Waals surface area contributed by atoms with Gasteiger partial charge in [-0.05, 0) is 12.1 Å². The first-order valence-corrected chi connectivity index (χ1v) is 5.51. The first-order valence-electron chi connectivity index (χ1n) is 5.13. The molecule has 96 valence electrons. The Morgan fingerprint density at radius 1 is 1.11 bits per heavy atom. The van der Waals surface area contributed by atoms with Gasteiger partial charge in [-0.15, -0.1) is 0 Å². The number of anilines is 2. The molecule has 2 nitrogen and oxygen atoms in total. The Morgan fingerprint density at radius 3 is 2.32 bits per heavy atom. The van der Waals surface area contributed by atoms with Gasteiger partial charge in [0.25, 0.3) is 0 Å². The molecule has 0 heterocycles. The normalized spacial score (nSPS) is 10.1. The Hall–Kier alpha value is -2.19. The average Bonchev–Trinajstić information content (AvgIpc) is 2.36. The molecule has 0 aliphatic carbocycles. The van der Waals surface area contributed by atoms with E-state index in [1.54, 1.807) is 6.07 Å². The number of nitrogens with one attached hydrogen (secondary N) is 1. The topological polar surface area (TPSA) is 35.8 Å². The molecule has 0 unspecified atom stereocenters. The second-order valence-electron chi connectivity index (χ2n) is 3.65. The van der Waals surface area contributed by atoms with Gasteiger partial charge in [0, 0.05) is 17.8 Å². The van der Waals surface area contributed by atoms with Gasteiger partial charge in [0.05, 0.1) is 16.3 Å². The van der Waals surface area contributed by atoms with Gasteiger partial charge >= 0.3 is 0 Å². The van der Waals surface area contributed by atoms with E-state index in [1.807, 2.05) is 6.07 Å². The molecular formula is C13H6ClF3N2. The minimum atomic E-state index is -1.54. The second kappa shape index (κ2) is 5.21. The van der Waals surface area contributed by atoms with E-state index < -0.39 is 17.5 Å². The molecule has 0 saturated carbocycles. The summed E-state index contributed by atoms with van der Waals surface area (Å²) in [5, 5.41) is 11.8. The summed E-state index contributed by atoms with van der Waals surface area (Å²) in [6, 6.07) is 8.05. The monoisotopic (exact) mass is 282 g/mol. The summed E-state index contributed by atoms with van der Waals surface area (Å²) in [5.74, 6) is -4.18. The minimum Gasteiger partial charge on any atom is -0.354 e. The predicted octanol–water partition coefficient (Wildman–Crippen LogP) is 4.37. The van der Waals surface area contributed by atoms with Gasteiger partial charge in [-0.2, -0.15) is 5.26 Å². The van der Waals surface area contributed by atoms with Crippen LogP contribution in [0.2, 0.25) is 5.02 Å². The lowest BCUT2D eigenvalue weighted by Crippen LogP contribution is -1.98. The van der Waals surface area contributed by atoms with Gasteiger partial charge in [-0.25, -0.2) is 13.2 Å². The van der Waals surface area contributed by atoms with Crippen LogP contribution in [0.1, 0.15) is 5.56 Å². The summed E-state index contributed by atoms with van der Waals surface area (Å²) < 4.78 is 38.9. The third kappa shape index (κ3) is 2.64. The fraction of sp³-hybridized carbons (Fsp3) is 0. The Labute approximate surface area is 112 Å². The highest BCUT2D eigenvalue weighted by atomic mass is 35.5. The number of hydrogen-bond acceptors (Lipinski definition) is 2. The smallest absolute Gasteiger partial charge is 0.194 e. The third-order valence-electron chi connectivity index (χ3n) is 2.39. The van der Waals surface area contributed by atoms with Crippen molar-refractivity contribution < 1.29 is 13.2 Å². The third-order valence-corrected chi connectivity index (χ3v) is 2.70. The van der Waals surface area contributed by atoms with Crippen LogP contribution in [-0.2, 0) is 0 Å². The lowest BCUT2D eigenvalue weighted by Gasteiger charge is -2.09.